The zero-order valence-corrected chi connectivity index (χ0v) is 18.8. The fourth-order valence-electron chi connectivity index (χ4n) is 5.31. The molecule has 4 aromatic rings. The van der Waals surface area contributed by atoms with Crippen LogP contribution in [0.1, 0.15) is 37.6 Å². The van der Waals surface area contributed by atoms with E-state index in [1.165, 1.54) is 0 Å². The summed E-state index contributed by atoms with van der Waals surface area (Å²) in [4.78, 5) is 14.2. The maximum atomic E-state index is 14.2. The van der Waals surface area contributed by atoms with Gasteiger partial charge in [0.25, 0.3) is 0 Å². The molecule has 162 valence electrons. The smallest absolute Gasteiger partial charge is 0.242 e. The Bertz CT molecular complexity index is 1340. The van der Waals surface area contributed by atoms with Crippen LogP contribution < -0.4 is 4.74 Å². The zero-order valence-electron chi connectivity index (χ0n) is 18.8. The van der Waals surface area contributed by atoms with Crippen molar-refractivity contribution in [3.63, 3.8) is 0 Å². The number of rotatable bonds is 4. The summed E-state index contributed by atoms with van der Waals surface area (Å²) in [5, 5.41) is 11.8. The van der Waals surface area contributed by atoms with Crippen molar-refractivity contribution in [2.45, 2.75) is 38.2 Å². The van der Waals surface area contributed by atoms with E-state index in [-0.39, 0.29) is 5.91 Å². The lowest BCUT2D eigenvalue weighted by Gasteiger charge is -2.39. The van der Waals surface area contributed by atoms with Crippen molar-refractivity contribution < 1.29 is 14.6 Å². The van der Waals surface area contributed by atoms with Crippen LogP contribution in [-0.2, 0) is 5.41 Å². The van der Waals surface area contributed by atoms with Gasteiger partial charge in [0, 0.05) is 16.5 Å². The number of benzene rings is 3. The average Bonchev–Trinajstić information content (AvgIpc) is 3.12. The molecule has 2 heterocycles. The van der Waals surface area contributed by atoms with Crippen molar-refractivity contribution in [3.05, 3.63) is 78.4 Å². The second kappa shape index (κ2) is 7.07. The van der Waals surface area contributed by atoms with Crippen molar-refractivity contribution in [1.82, 2.24) is 4.57 Å². The molecule has 0 unspecified atom stereocenters. The lowest BCUT2D eigenvalue weighted by molar-refractivity contribution is 0.0378. The van der Waals surface area contributed by atoms with E-state index in [2.05, 4.69) is 18.2 Å². The molecule has 3 aromatic carbocycles. The molecule has 0 saturated heterocycles. The quantitative estimate of drug-likeness (QED) is 0.433. The van der Waals surface area contributed by atoms with Gasteiger partial charge in [-0.3, -0.25) is 9.36 Å². The second-order valence-corrected chi connectivity index (χ2v) is 9.48. The number of ether oxygens (including phenoxy) is 1. The number of hydrogen-bond acceptors (Lipinski definition) is 3. The summed E-state index contributed by atoms with van der Waals surface area (Å²) in [5.41, 5.74) is 3.84. The molecular formula is C28H27NO3. The molecule has 4 heteroatoms. The summed E-state index contributed by atoms with van der Waals surface area (Å²) in [6.45, 7) is 5.44. The summed E-state index contributed by atoms with van der Waals surface area (Å²) >= 11 is 0. The van der Waals surface area contributed by atoms with Crippen molar-refractivity contribution >= 4 is 16.8 Å². The number of nitrogens with zero attached hydrogens (tertiary/aromatic N) is 1. The summed E-state index contributed by atoms with van der Waals surface area (Å²) < 4.78 is 7.38. The zero-order chi connectivity index (χ0) is 22.7. The monoisotopic (exact) mass is 425 g/mol. The first-order valence-electron chi connectivity index (χ1n) is 10.9. The number of carbonyl (C=O) groups is 1. The molecule has 5 rings (SSSR count). The minimum absolute atomic E-state index is 0.0336. The van der Waals surface area contributed by atoms with E-state index in [0.717, 1.165) is 38.9 Å². The van der Waals surface area contributed by atoms with Crippen molar-refractivity contribution in [3.8, 4) is 28.1 Å². The van der Waals surface area contributed by atoms with Gasteiger partial charge in [-0.1, -0.05) is 48.5 Å². The number of carbonyl (C=O) groups excluding carboxylic acids is 1. The number of aromatic nitrogens is 1. The van der Waals surface area contributed by atoms with Crippen LogP contribution in [0.5, 0.6) is 5.75 Å². The number of hydrogen-bond donors (Lipinski definition) is 1. The predicted molar refractivity (Wildman–Crippen MR) is 128 cm³/mol. The van der Waals surface area contributed by atoms with Crippen molar-refractivity contribution in [2.75, 3.05) is 7.11 Å². The summed E-state index contributed by atoms with van der Waals surface area (Å²) in [7, 11) is 1.63. The first-order valence-corrected chi connectivity index (χ1v) is 10.9. The molecule has 0 amide bonds. The third-order valence-corrected chi connectivity index (χ3v) is 6.47. The lowest BCUT2D eigenvalue weighted by atomic mass is 9.69. The summed E-state index contributed by atoms with van der Waals surface area (Å²) in [6, 6.07) is 24.2. The highest BCUT2D eigenvalue weighted by molar-refractivity contribution is 6.14. The van der Waals surface area contributed by atoms with Crippen LogP contribution in [0.4, 0.5) is 0 Å². The Labute approximate surface area is 188 Å². The Morgan fingerprint density at radius 1 is 1.00 bits per heavy atom. The molecule has 0 bridgehead atoms. The molecule has 1 aliphatic rings. The van der Waals surface area contributed by atoms with Crippen molar-refractivity contribution in [2.24, 2.45) is 0 Å². The number of aliphatic hydroxyl groups is 1. The molecule has 0 saturated carbocycles. The van der Waals surface area contributed by atoms with Gasteiger partial charge in [-0.25, -0.2) is 0 Å². The van der Waals surface area contributed by atoms with Gasteiger partial charge in [0.05, 0.1) is 29.3 Å². The molecular weight excluding hydrogens is 398 g/mol. The first-order chi connectivity index (χ1) is 15.2. The third kappa shape index (κ3) is 2.98. The van der Waals surface area contributed by atoms with Gasteiger partial charge in [-0.2, -0.15) is 0 Å². The Hall–Kier alpha value is -3.37. The molecule has 0 aliphatic carbocycles. The third-order valence-electron chi connectivity index (χ3n) is 6.47. The molecule has 0 radical (unpaired) electrons. The van der Waals surface area contributed by atoms with Crippen LogP contribution in [0.25, 0.3) is 33.3 Å². The van der Waals surface area contributed by atoms with Crippen LogP contribution in [0, 0.1) is 0 Å². The standard InChI is InChI=1S/C28H27NO3/c1-27(2,31)17-28(3)22-16-19(32-4)14-15-20(22)25-24(18-10-6-5-7-11-18)21-12-8-9-13-23(21)29(25)26(28)30/h5-16,31H,17H2,1-4H3/t28-/m1/s1. The predicted octanol–water partition coefficient (Wildman–Crippen LogP) is 6.06. The van der Waals surface area contributed by atoms with Crippen LogP contribution >= 0.6 is 0 Å². The van der Waals surface area contributed by atoms with Crippen LogP contribution in [0.2, 0.25) is 0 Å². The number of fused-ring (bicyclic) bond motifs is 5. The lowest BCUT2D eigenvalue weighted by Crippen LogP contribution is -2.45. The maximum Gasteiger partial charge on any atom is 0.242 e. The molecule has 1 atom stereocenters. The molecule has 1 aliphatic heterocycles. The van der Waals surface area contributed by atoms with Gasteiger partial charge >= 0.3 is 0 Å². The van der Waals surface area contributed by atoms with E-state index in [1.54, 1.807) is 21.0 Å². The minimum Gasteiger partial charge on any atom is -0.497 e. The van der Waals surface area contributed by atoms with Crippen LogP contribution in [-0.4, -0.2) is 28.3 Å². The van der Waals surface area contributed by atoms with E-state index < -0.39 is 11.0 Å². The Kier molecular flexibility index (Phi) is 4.54. The van der Waals surface area contributed by atoms with E-state index in [4.69, 9.17) is 4.74 Å². The van der Waals surface area contributed by atoms with Gasteiger partial charge in [-0.15, -0.1) is 0 Å². The fraction of sp³-hybridized carbons (Fsp3) is 0.250. The molecule has 0 fully saturated rings. The topological polar surface area (TPSA) is 51.5 Å². The first kappa shape index (κ1) is 20.5. The summed E-state index contributed by atoms with van der Waals surface area (Å²) in [5.74, 6) is 0.665. The van der Waals surface area contributed by atoms with E-state index >= 15 is 0 Å². The SMILES string of the molecule is COc1ccc2c(c1)[C@@](C)(CC(C)(C)O)C(=O)n1c-2c(-c2ccccc2)c2ccccc21. The normalized spacial score (nSPS) is 17.8. The molecule has 0 spiro atoms. The van der Waals surface area contributed by atoms with E-state index in [9.17, 15) is 9.90 Å². The van der Waals surface area contributed by atoms with Gasteiger partial charge in [-0.05, 0) is 62.6 Å². The Morgan fingerprint density at radius 3 is 2.38 bits per heavy atom. The van der Waals surface area contributed by atoms with E-state index in [0.29, 0.717) is 12.2 Å². The van der Waals surface area contributed by atoms with Crippen LogP contribution in [0.3, 0.4) is 0 Å². The molecule has 1 aromatic heterocycles. The van der Waals surface area contributed by atoms with Gasteiger partial charge < -0.3 is 9.84 Å². The summed E-state index contributed by atoms with van der Waals surface area (Å²) in [6.07, 6.45) is 0.297. The van der Waals surface area contributed by atoms with Crippen LogP contribution in [0.15, 0.2) is 72.8 Å². The highest BCUT2D eigenvalue weighted by Gasteiger charge is 2.47. The molecule has 1 N–H and O–H groups in total. The van der Waals surface area contributed by atoms with Crippen molar-refractivity contribution in [1.29, 1.82) is 0 Å². The van der Waals surface area contributed by atoms with Gasteiger partial charge in [0.1, 0.15) is 5.75 Å². The fourth-order valence-corrected chi connectivity index (χ4v) is 5.31. The maximum absolute atomic E-state index is 14.2. The van der Waals surface area contributed by atoms with E-state index in [1.807, 2.05) is 66.1 Å². The second-order valence-electron chi connectivity index (χ2n) is 9.48. The molecule has 4 nitrogen and oxygen atoms in total. The highest BCUT2D eigenvalue weighted by Crippen LogP contribution is 2.51. The van der Waals surface area contributed by atoms with Gasteiger partial charge in [0.15, 0.2) is 0 Å². The Balaban J connectivity index is 1.93. The number of methoxy groups -OCH3 is 1. The average molecular weight is 426 g/mol. The highest BCUT2D eigenvalue weighted by atomic mass is 16.5. The Morgan fingerprint density at radius 2 is 1.69 bits per heavy atom. The largest absolute Gasteiger partial charge is 0.497 e. The molecule has 32 heavy (non-hydrogen) atoms. The minimum atomic E-state index is -1.02. The number of para-hydroxylation sites is 1. The van der Waals surface area contributed by atoms with Gasteiger partial charge in [0.2, 0.25) is 5.91 Å².